The van der Waals surface area contributed by atoms with Gasteiger partial charge in [-0.25, -0.2) is 9.07 Å². The molecule has 1 amide bonds. The first-order chi connectivity index (χ1) is 16.0. The number of ether oxygens (including phenoxy) is 1. The van der Waals surface area contributed by atoms with Crippen LogP contribution < -0.4 is 15.1 Å². The Balaban J connectivity index is 1.80. The Kier molecular flexibility index (Phi) is 6.31. The Morgan fingerprint density at radius 1 is 1.00 bits per heavy atom. The lowest BCUT2D eigenvalue weighted by atomic mass is 10.1. The molecule has 1 aromatic heterocycles. The van der Waals surface area contributed by atoms with E-state index in [9.17, 15) is 14.0 Å². The highest BCUT2D eigenvalue weighted by molar-refractivity contribution is 6.04. The van der Waals surface area contributed by atoms with Crippen molar-refractivity contribution in [3.05, 3.63) is 118 Å². The van der Waals surface area contributed by atoms with Gasteiger partial charge in [-0.3, -0.25) is 9.59 Å². The number of carbonyl (C=O) groups is 1. The number of halogens is 1. The number of aryl methyl sites for hydroxylation is 1. The zero-order valence-electron chi connectivity index (χ0n) is 18.2. The van der Waals surface area contributed by atoms with Crippen molar-refractivity contribution in [2.45, 2.75) is 13.5 Å². The van der Waals surface area contributed by atoms with E-state index in [0.29, 0.717) is 17.1 Å². The number of carbonyl (C=O) groups excluding carboxylic acids is 1. The summed E-state index contributed by atoms with van der Waals surface area (Å²) < 4.78 is 20.9. The number of para-hydroxylation sites is 1. The number of nitrogens with zero attached hydrogens (tertiary/aromatic N) is 3. The summed E-state index contributed by atoms with van der Waals surface area (Å²) in [5.41, 5.74) is 1.20. The molecule has 4 rings (SSSR count). The first-order valence-corrected chi connectivity index (χ1v) is 10.3. The van der Waals surface area contributed by atoms with Crippen LogP contribution in [0.5, 0.6) is 5.75 Å². The van der Waals surface area contributed by atoms with Gasteiger partial charge in [0.2, 0.25) is 5.43 Å². The molecule has 0 spiro atoms. The molecule has 0 unspecified atom stereocenters. The van der Waals surface area contributed by atoms with Gasteiger partial charge in [0, 0.05) is 17.4 Å². The molecule has 33 heavy (non-hydrogen) atoms. The Morgan fingerprint density at radius 2 is 1.67 bits per heavy atom. The predicted molar refractivity (Wildman–Crippen MR) is 124 cm³/mol. The number of methoxy groups -OCH3 is 1. The van der Waals surface area contributed by atoms with Gasteiger partial charge in [0.05, 0.1) is 13.7 Å². The van der Waals surface area contributed by atoms with Crippen LogP contribution in [-0.2, 0) is 6.54 Å². The molecule has 0 N–H and O–H groups in total. The first-order valence-electron chi connectivity index (χ1n) is 10.3. The molecule has 0 aliphatic rings. The van der Waals surface area contributed by atoms with E-state index in [1.807, 2.05) is 30.3 Å². The molecule has 0 fully saturated rings. The fourth-order valence-corrected chi connectivity index (χ4v) is 3.50. The average Bonchev–Trinajstić information content (AvgIpc) is 2.84. The van der Waals surface area contributed by atoms with Crippen LogP contribution in [0.3, 0.4) is 0 Å². The number of hydrogen-bond acceptors (Lipinski definition) is 4. The van der Waals surface area contributed by atoms with Gasteiger partial charge in [-0.15, -0.1) is 0 Å². The van der Waals surface area contributed by atoms with Crippen molar-refractivity contribution >= 4 is 11.6 Å². The average molecular weight is 443 g/mol. The summed E-state index contributed by atoms with van der Waals surface area (Å²) >= 11 is 0. The number of hydrogen-bond donors (Lipinski definition) is 0. The van der Waals surface area contributed by atoms with E-state index < -0.39 is 17.2 Å². The van der Waals surface area contributed by atoms with E-state index >= 15 is 0 Å². The van der Waals surface area contributed by atoms with Crippen LogP contribution in [0.2, 0.25) is 0 Å². The van der Waals surface area contributed by atoms with Crippen LogP contribution in [0.15, 0.2) is 89.7 Å². The van der Waals surface area contributed by atoms with Crippen molar-refractivity contribution in [1.29, 1.82) is 0 Å². The summed E-state index contributed by atoms with van der Waals surface area (Å²) in [5.74, 6) is -0.452. The minimum atomic E-state index is -0.584. The van der Waals surface area contributed by atoms with Gasteiger partial charge in [-0.1, -0.05) is 42.5 Å². The van der Waals surface area contributed by atoms with Crippen molar-refractivity contribution < 1.29 is 13.9 Å². The summed E-state index contributed by atoms with van der Waals surface area (Å²) in [6, 6.07) is 23.7. The number of aromatic nitrogens is 2. The lowest BCUT2D eigenvalue weighted by Crippen LogP contribution is -2.36. The van der Waals surface area contributed by atoms with E-state index in [1.54, 1.807) is 56.5 Å². The number of benzene rings is 3. The molecular formula is C26H22FN3O3. The van der Waals surface area contributed by atoms with Crippen molar-refractivity contribution in [3.8, 4) is 11.4 Å². The van der Waals surface area contributed by atoms with Gasteiger partial charge < -0.3 is 9.64 Å². The fraction of sp³-hybridized carbons (Fsp3) is 0.115. The van der Waals surface area contributed by atoms with Crippen molar-refractivity contribution in [1.82, 2.24) is 9.78 Å². The Hall–Kier alpha value is -4.26. The topological polar surface area (TPSA) is 64.4 Å². The van der Waals surface area contributed by atoms with Crippen molar-refractivity contribution in [3.63, 3.8) is 0 Å². The van der Waals surface area contributed by atoms with Crippen LogP contribution in [-0.4, -0.2) is 22.8 Å². The van der Waals surface area contributed by atoms with Crippen molar-refractivity contribution in [2.75, 3.05) is 12.0 Å². The summed E-state index contributed by atoms with van der Waals surface area (Å²) in [6.07, 6.45) is 0. The van der Waals surface area contributed by atoms with Crippen LogP contribution in [0.1, 0.15) is 21.7 Å². The largest absolute Gasteiger partial charge is 0.497 e. The lowest BCUT2D eigenvalue weighted by Gasteiger charge is -2.23. The monoisotopic (exact) mass is 443 g/mol. The molecule has 0 saturated carbocycles. The zero-order chi connectivity index (χ0) is 23.4. The fourth-order valence-electron chi connectivity index (χ4n) is 3.50. The van der Waals surface area contributed by atoms with Crippen LogP contribution in [0.25, 0.3) is 5.69 Å². The molecule has 0 atom stereocenters. The maximum absolute atomic E-state index is 14.4. The minimum absolute atomic E-state index is 0.156. The van der Waals surface area contributed by atoms with Gasteiger partial charge in [0.1, 0.15) is 17.3 Å². The van der Waals surface area contributed by atoms with Gasteiger partial charge in [0.15, 0.2) is 5.69 Å². The standard InChI is InChI=1S/C26H22FN3O3/c1-18-16-24(31)25(28-30(18)23-11-7-6-10-22(23)27)26(32)29(17-19-8-4-3-5-9-19)20-12-14-21(33-2)15-13-20/h3-16H,17H2,1-2H3. The second-order valence-corrected chi connectivity index (χ2v) is 7.44. The third-order valence-corrected chi connectivity index (χ3v) is 5.20. The smallest absolute Gasteiger partial charge is 0.283 e. The zero-order valence-corrected chi connectivity index (χ0v) is 18.2. The second-order valence-electron chi connectivity index (χ2n) is 7.44. The normalized spacial score (nSPS) is 10.6. The van der Waals surface area contributed by atoms with E-state index in [1.165, 1.54) is 21.7 Å². The number of anilines is 1. The van der Waals surface area contributed by atoms with Gasteiger partial charge in [0.25, 0.3) is 5.91 Å². The summed E-state index contributed by atoms with van der Waals surface area (Å²) in [7, 11) is 1.56. The molecule has 0 aliphatic heterocycles. The van der Waals surface area contributed by atoms with E-state index in [0.717, 1.165) is 5.56 Å². The molecule has 6 nitrogen and oxygen atoms in total. The summed E-state index contributed by atoms with van der Waals surface area (Å²) in [4.78, 5) is 27.9. The maximum Gasteiger partial charge on any atom is 0.283 e. The van der Waals surface area contributed by atoms with Gasteiger partial charge >= 0.3 is 0 Å². The highest BCUT2D eigenvalue weighted by Crippen LogP contribution is 2.23. The minimum Gasteiger partial charge on any atom is -0.497 e. The highest BCUT2D eigenvalue weighted by atomic mass is 19.1. The Labute approximate surface area is 190 Å². The van der Waals surface area contributed by atoms with E-state index in [-0.39, 0.29) is 17.9 Å². The molecule has 1 heterocycles. The van der Waals surface area contributed by atoms with Crippen LogP contribution in [0.4, 0.5) is 10.1 Å². The van der Waals surface area contributed by atoms with Crippen LogP contribution >= 0.6 is 0 Å². The Bertz CT molecular complexity index is 1340. The molecule has 0 radical (unpaired) electrons. The molecule has 3 aromatic carbocycles. The van der Waals surface area contributed by atoms with Crippen molar-refractivity contribution in [2.24, 2.45) is 0 Å². The Morgan fingerprint density at radius 3 is 2.33 bits per heavy atom. The SMILES string of the molecule is COc1ccc(N(Cc2ccccc2)C(=O)c2nn(-c3ccccc3F)c(C)cc2=O)cc1. The van der Waals surface area contributed by atoms with Gasteiger partial charge in [-0.05, 0) is 48.9 Å². The first kappa shape index (κ1) is 22.0. The second kappa shape index (κ2) is 9.48. The summed E-state index contributed by atoms with van der Waals surface area (Å²) in [5, 5.41) is 4.27. The number of rotatable bonds is 6. The van der Waals surface area contributed by atoms with Gasteiger partial charge in [-0.2, -0.15) is 5.10 Å². The molecule has 0 bridgehead atoms. The van der Waals surface area contributed by atoms with E-state index in [2.05, 4.69) is 5.10 Å². The summed E-state index contributed by atoms with van der Waals surface area (Å²) in [6.45, 7) is 1.86. The quantitative estimate of drug-likeness (QED) is 0.439. The lowest BCUT2D eigenvalue weighted by molar-refractivity contribution is 0.0977. The molecular weight excluding hydrogens is 421 g/mol. The molecule has 0 saturated heterocycles. The third-order valence-electron chi connectivity index (χ3n) is 5.20. The number of amides is 1. The van der Waals surface area contributed by atoms with E-state index in [4.69, 9.17) is 4.74 Å². The molecule has 0 aliphatic carbocycles. The van der Waals surface area contributed by atoms with Crippen LogP contribution in [0, 0.1) is 12.7 Å². The maximum atomic E-state index is 14.4. The molecule has 166 valence electrons. The predicted octanol–water partition coefficient (Wildman–Crippen LogP) is 4.54. The third kappa shape index (κ3) is 4.67. The highest BCUT2D eigenvalue weighted by Gasteiger charge is 2.24. The molecule has 7 heteroatoms. The molecule has 4 aromatic rings.